The van der Waals surface area contributed by atoms with Gasteiger partial charge in [-0.25, -0.2) is 0 Å². The normalized spacial score (nSPS) is 13.9. The van der Waals surface area contributed by atoms with E-state index in [1.165, 1.54) is 11.2 Å². The van der Waals surface area contributed by atoms with Crippen molar-refractivity contribution in [2.24, 2.45) is 0 Å². The number of aromatic nitrogens is 1. The number of amides is 2. The number of hydrogen-bond donors (Lipinski definition) is 1. The van der Waals surface area contributed by atoms with Crippen LogP contribution in [0.3, 0.4) is 0 Å². The molecule has 2 heterocycles. The largest absolute Gasteiger partial charge is 0.364 e. The Balaban J connectivity index is 1.88. The fraction of sp³-hybridized carbons (Fsp3) is 0.154. The quantitative estimate of drug-likeness (QED) is 0.877. The molecule has 0 fully saturated rings. The van der Waals surface area contributed by atoms with Gasteiger partial charge < -0.3 is 14.7 Å². The highest BCUT2D eigenvalue weighted by Crippen LogP contribution is 2.29. The van der Waals surface area contributed by atoms with Gasteiger partial charge in [-0.15, -0.1) is 0 Å². The summed E-state index contributed by atoms with van der Waals surface area (Å²) in [5.41, 5.74) is 1.90. The van der Waals surface area contributed by atoms with Crippen LogP contribution in [0.1, 0.15) is 5.69 Å². The minimum atomic E-state index is -0.202. The number of para-hydroxylation sites is 2. The third kappa shape index (κ3) is 2.20. The second-order valence-corrected chi connectivity index (χ2v) is 4.21. The summed E-state index contributed by atoms with van der Waals surface area (Å²) in [4.78, 5) is 25.3. The third-order valence-corrected chi connectivity index (χ3v) is 2.90. The molecule has 6 heteroatoms. The average molecular weight is 257 g/mol. The van der Waals surface area contributed by atoms with Crippen LogP contribution in [-0.2, 0) is 16.0 Å². The first-order valence-electron chi connectivity index (χ1n) is 5.82. The lowest BCUT2D eigenvalue weighted by Crippen LogP contribution is -2.42. The van der Waals surface area contributed by atoms with Crippen LogP contribution in [0, 0.1) is 0 Å². The Hall–Kier alpha value is -2.63. The highest BCUT2D eigenvalue weighted by Gasteiger charge is 2.26. The number of benzene rings is 1. The first kappa shape index (κ1) is 11.5. The molecule has 0 saturated carbocycles. The topological polar surface area (TPSA) is 75.4 Å². The van der Waals surface area contributed by atoms with Crippen LogP contribution in [0.15, 0.2) is 41.1 Å². The van der Waals surface area contributed by atoms with E-state index in [2.05, 4.69) is 10.5 Å². The predicted octanol–water partition coefficient (Wildman–Crippen LogP) is 1.20. The SMILES string of the molecule is O=C1CN(C(=O)Cc2ccon2)c2ccccc2N1. The van der Waals surface area contributed by atoms with Crippen LogP contribution in [0.25, 0.3) is 0 Å². The van der Waals surface area contributed by atoms with Gasteiger partial charge in [-0.05, 0) is 12.1 Å². The van der Waals surface area contributed by atoms with Gasteiger partial charge in [0.1, 0.15) is 12.8 Å². The Kier molecular flexibility index (Phi) is 2.75. The molecule has 0 bridgehead atoms. The van der Waals surface area contributed by atoms with E-state index in [0.717, 1.165) is 0 Å². The zero-order chi connectivity index (χ0) is 13.2. The van der Waals surface area contributed by atoms with Gasteiger partial charge in [0.15, 0.2) is 0 Å². The Labute approximate surface area is 109 Å². The van der Waals surface area contributed by atoms with Crippen molar-refractivity contribution in [3.05, 3.63) is 42.3 Å². The Morgan fingerprint density at radius 1 is 1.37 bits per heavy atom. The highest BCUT2D eigenvalue weighted by atomic mass is 16.5. The van der Waals surface area contributed by atoms with Crippen molar-refractivity contribution < 1.29 is 14.1 Å². The molecule has 1 aliphatic rings. The van der Waals surface area contributed by atoms with E-state index in [1.807, 2.05) is 12.1 Å². The van der Waals surface area contributed by atoms with E-state index in [0.29, 0.717) is 17.1 Å². The second-order valence-electron chi connectivity index (χ2n) is 4.21. The van der Waals surface area contributed by atoms with Crippen LogP contribution in [0.5, 0.6) is 0 Å². The molecule has 0 aliphatic carbocycles. The number of hydrogen-bond acceptors (Lipinski definition) is 4. The first-order chi connectivity index (χ1) is 9.24. The van der Waals surface area contributed by atoms with E-state index in [1.54, 1.807) is 18.2 Å². The van der Waals surface area contributed by atoms with Crippen molar-refractivity contribution in [1.29, 1.82) is 0 Å². The zero-order valence-electron chi connectivity index (χ0n) is 10.00. The second kappa shape index (κ2) is 4.56. The average Bonchev–Trinajstić information content (AvgIpc) is 2.90. The van der Waals surface area contributed by atoms with Crippen molar-refractivity contribution in [2.75, 3.05) is 16.8 Å². The predicted molar refractivity (Wildman–Crippen MR) is 67.6 cm³/mol. The summed E-state index contributed by atoms with van der Waals surface area (Å²) in [5, 5.41) is 6.44. The lowest BCUT2D eigenvalue weighted by molar-refractivity contribution is -0.121. The number of carbonyl (C=O) groups is 2. The molecule has 1 aromatic carbocycles. The van der Waals surface area contributed by atoms with Gasteiger partial charge in [0.05, 0.1) is 23.5 Å². The standard InChI is InChI=1S/C13H11N3O3/c17-12-8-16(11-4-2-1-3-10(11)14-12)13(18)7-9-5-6-19-15-9/h1-6H,7-8H2,(H,14,17). The van der Waals surface area contributed by atoms with Gasteiger partial charge in [-0.2, -0.15) is 0 Å². The molecule has 3 rings (SSSR count). The summed E-state index contributed by atoms with van der Waals surface area (Å²) in [5.74, 6) is -0.386. The lowest BCUT2D eigenvalue weighted by Gasteiger charge is -2.28. The number of carbonyl (C=O) groups excluding carboxylic acids is 2. The van der Waals surface area contributed by atoms with Gasteiger partial charge in [-0.1, -0.05) is 17.3 Å². The van der Waals surface area contributed by atoms with Crippen molar-refractivity contribution in [3.8, 4) is 0 Å². The van der Waals surface area contributed by atoms with Gasteiger partial charge >= 0.3 is 0 Å². The maximum absolute atomic E-state index is 12.2. The number of nitrogens with zero attached hydrogens (tertiary/aromatic N) is 2. The van der Waals surface area contributed by atoms with E-state index in [9.17, 15) is 9.59 Å². The number of rotatable bonds is 2. The first-order valence-corrected chi connectivity index (χ1v) is 5.82. The van der Waals surface area contributed by atoms with Crippen LogP contribution < -0.4 is 10.2 Å². The molecule has 1 aromatic heterocycles. The molecular weight excluding hydrogens is 246 g/mol. The van der Waals surface area contributed by atoms with Crippen LogP contribution >= 0.6 is 0 Å². The summed E-state index contributed by atoms with van der Waals surface area (Å²) in [7, 11) is 0. The Bertz CT molecular complexity index is 622. The van der Waals surface area contributed by atoms with E-state index in [-0.39, 0.29) is 24.8 Å². The summed E-state index contributed by atoms with van der Waals surface area (Å²) >= 11 is 0. The fourth-order valence-electron chi connectivity index (χ4n) is 2.03. The highest BCUT2D eigenvalue weighted by molar-refractivity contribution is 6.10. The van der Waals surface area contributed by atoms with Crippen LogP contribution in [0.2, 0.25) is 0 Å². The number of anilines is 2. The summed E-state index contributed by atoms with van der Waals surface area (Å²) in [6, 6.07) is 8.84. The van der Waals surface area contributed by atoms with E-state index >= 15 is 0 Å². The summed E-state index contributed by atoms with van der Waals surface area (Å²) < 4.78 is 4.69. The van der Waals surface area contributed by atoms with Gasteiger partial charge in [0, 0.05) is 6.07 Å². The number of nitrogens with one attached hydrogen (secondary N) is 1. The molecule has 0 unspecified atom stereocenters. The molecule has 1 N–H and O–H groups in total. The van der Waals surface area contributed by atoms with Crippen LogP contribution in [-0.4, -0.2) is 23.5 Å². The fourth-order valence-corrected chi connectivity index (χ4v) is 2.03. The van der Waals surface area contributed by atoms with Gasteiger partial charge in [0.25, 0.3) is 0 Å². The molecule has 0 spiro atoms. The van der Waals surface area contributed by atoms with Crippen LogP contribution in [0.4, 0.5) is 11.4 Å². The zero-order valence-corrected chi connectivity index (χ0v) is 10.00. The molecule has 0 atom stereocenters. The molecule has 1 aliphatic heterocycles. The van der Waals surface area contributed by atoms with Gasteiger partial charge in [0.2, 0.25) is 11.8 Å². The van der Waals surface area contributed by atoms with Crippen molar-refractivity contribution in [2.45, 2.75) is 6.42 Å². The van der Waals surface area contributed by atoms with Crippen molar-refractivity contribution in [3.63, 3.8) is 0 Å². The third-order valence-electron chi connectivity index (χ3n) is 2.90. The maximum atomic E-state index is 12.2. The summed E-state index contributed by atoms with van der Waals surface area (Å²) in [6.07, 6.45) is 1.53. The Morgan fingerprint density at radius 2 is 2.21 bits per heavy atom. The minimum Gasteiger partial charge on any atom is -0.364 e. The summed E-state index contributed by atoms with van der Waals surface area (Å²) in [6.45, 7) is 0.0215. The minimum absolute atomic E-state index is 0.0215. The molecule has 2 aromatic rings. The number of fused-ring (bicyclic) bond motifs is 1. The molecule has 6 nitrogen and oxygen atoms in total. The van der Waals surface area contributed by atoms with E-state index < -0.39 is 0 Å². The smallest absolute Gasteiger partial charge is 0.244 e. The van der Waals surface area contributed by atoms with Crippen molar-refractivity contribution >= 4 is 23.2 Å². The molecule has 0 radical (unpaired) electrons. The maximum Gasteiger partial charge on any atom is 0.244 e. The van der Waals surface area contributed by atoms with Crippen molar-refractivity contribution in [1.82, 2.24) is 5.16 Å². The monoisotopic (exact) mass is 257 g/mol. The molecule has 2 amide bonds. The molecular formula is C13H11N3O3. The van der Waals surface area contributed by atoms with E-state index in [4.69, 9.17) is 4.52 Å². The molecule has 0 saturated heterocycles. The Morgan fingerprint density at radius 3 is 3.00 bits per heavy atom. The molecule has 19 heavy (non-hydrogen) atoms. The molecule has 96 valence electrons. The van der Waals surface area contributed by atoms with Gasteiger partial charge in [-0.3, -0.25) is 9.59 Å². The lowest BCUT2D eigenvalue weighted by atomic mass is 10.1.